The molecule has 2 heterocycles. The lowest BCUT2D eigenvalue weighted by atomic mass is 10.0. The van der Waals surface area contributed by atoms with Gasteiger partial charge in [-0.15, -0.1) is 0 Å². The third-order valence-electron chi connectivity index (χ3n) is 5.19. The number of amides is 2. The number of nitrogens with zero attached hydrogens (tertiary/aromatic N) is 3. The van der Waals surface area contributed by atoms with E-state index in [1.54, 1.807) is 16.5 Å². The molecule has 0 atom stereocenters. The zero-order valence-corrected chi connectivity index (χ0v) is 18.0. The van der Waals surface area contributed by atoms with Crippen molar-refractivity contribution in [3.8, 4) is 5.75 Å². The lowest BCUT2D eigenvalue weighted by Gasteiger charge is -2.38. The number of hydrogen-bond donors (Lipinski definition) is 3. The Labute approximate surface area is 180 Å². The molecule has 3 N–H and O–H groups in total. The van der Waals surface area contributed by atoms with E-state index in [4.69, 9.17) is 11.6 Å². The third-order valence-corrected chi connectivity index (χ3v) is 5.52. The first-order chi connectivity index (χ1) is 14.2. The predicted molar refractivity (Wildman–Crippen MR) is 116 cm³/mol. The summed E-state index contributed by atoms with van der Waals surface area (Å²) in [7, 11) is 1.76. The molecular weight excluding hydrogens is 406 g/mol. The summed E-state index contributed by atoms with van der Waals surface area (Å²) >= 11 is 6.19. The van der Waals surface area contributed by atoms with Gasteiger partial charge in [-0.2, -0.15) is 0 Å². The van der Waals surface area contributed by atoms with Gasteiger partial charge in [0.1, 0.15) is 17.3 Å². The van der Waals surface area contributed by atoms with Gasteiger partial charge in [0.25, 0.3) is 5.91 Å². The molecule has 9 heteroatoms. The summed E-state index contributed by atoms with van der Waals surface area (Å²) < 4.78 is 1.70. The molecule has 0 saturated carbocycles. The van der Waals surface area contributed by atoms with Crippen LogP contribution in [0.25, 0.3) is 0 Å². The number of aromatic nitrogens is 2. The van der Waals surface area contributed by atoms with Crippen molar-refractivity contribution >= 4 is 29.1 Å². The van der Waals surface area contributed by atoms with E-state index in [9.17, 15) is 14.7 Å². The molecule has 0 aliphatic carbocycles. The van der Waals surface area contributed by atoms with Crippen molar-refractivity contribution in [1.82, 2.24) is 19.8 Å². The fraction of sp³-hybridized carbons (Fsp3) is 0.381. The Bertz CT molecular complexity index is 979. The summed E-state index contributed by atoms with van der Waals surface area (Å²) in [5.74, 6) is 0.521. The Balaban J connectivity index is 1.62. The summed E-state index contributed by atoms with van der Waals surface area (Å²) in [6.45, 7) is 8.77. The molecule has 2 aromatic rings. The van der Waals surface area contributed by atoms with Crippen LogP contribution < -0.4 is 10.6 Å². The van der Waals surface area contributed by atoms with E-state index < -0.39 is 0 Å². The SMILES string of the molecule is C=CC(=O)N1CC(NC(=O)c2cnc(CNc3cc(C(C)C)c(Cl)cc3O)n2C)C1. The number of benzene rings is 1. The van der Waals surface area contributed by atoms with Crippen LogP contribution in [0.3, 0.4) is 0 Å². The number of rotatable bonds is 7. The van der Waals surface area contributed by atoms with E-state index >= 15 is 0 Å². The summed E-state index contributed by atoms with van der Waals surface area (Å²) in [4.78, 5) is 30.0. The standard InChI is InChI=1S/C21H26ClN5O3/c1-5-20(29)27-10-13(11-27)25-21(30)17-8-24-19(26(17)4)9-23-16-6-14(12(2)3)15(22)7-18(16)28/h5-8,12-13,23,28H,1,9-11H2,2-4H3,(H,25,30). The van der Waals surface area contributed by atoms with Crippen molar-refractivity contribution < 1.29 is 14.7 Å². The normalized spacial score (nSPS) is 13.8. The quantitative estimate of drug-likeness (QED) is 0.462. The molecule has 0 radical (unpaired) electrons. The first-order valence-corrected chi connectivity index (χ1v) is 10.1. The second kappa shape index (κ2) is 8.79. The second-order valence-electron chi connectivity index (χ2n) is 7.64. The zero-order valence-electron chi connectivity index (χ0n) is 17.3. The zero-order chi connectivity index (χ0) is 22.0. The number of carbonyl (C=O) groups excluding carboxylic acids is 2. The van der Waals surface area contributed by atoms with Crippen LogP contribution in [-0.4, -0.2) is 50.5 Å². The van der Waals surface area contributed by atoms with Gasteiger partial charge in [0.2, 0.25) is 5.91 Å². The number of phenolic OH excluding ortho intramolecular Hbond substituents is 1. The van der Waals surface area contributed by atoms with Crippen molar-refractivity contribution in [2.24, 2.45) is 7.05 Å². The highest BCUT2D eigenvalue weighted by Gasteiger charge is 2.31. The van der Waals surface area contributed by atoms with Crippen LogP contribution in [0.5, 0.6) is 5.75 Å². The molecule has 8 nitrogen and oxygen atoms in total. The molecule has 0 bridgehead atoms. The molecule has 0 spiro atoms. The minimum atomic E-state index is -0.247. The highest BCUT2D eigenvalue weighted by Crippen LogP contribution is 2.34. The molecule has 1 aromatic heterocycles. The van der Waals surface area contributed by atoms with Gasteiger partial charge in [-0.3, -0.25) is 9.59 Å². The molecule has 1 saturated heterocycles. The Hall–Kier alpha value is -3.00. The monoisotopic (exact) mass is 431 g/mol. The van der Waals surface area contributed by atoms with Gasteiger partial charge < -0.3 is 25.2 Å². The Morgan fingerprint density at radius 1 is 1.40 bits per heavy atom. The van der Waals surface area contributed by atoms with Gasteiger partial charge in [0, 0.05) is 31.2 Å². The van der Waals surface area contributed by atoms with Gasteiger partial charge in [0.15, 0.2) is 0 Å². The number of aromatic hydroxyl groups is 1. The van der Waals surface area contributed by atoms with E-state index in [0.29, 0.717) is 41.9 Å². The molecular formula is C21H26ClN5O3. The topological polar surface area (TPSA) is 99.5 Å². The van der Waals surface area contributed by atoms with E-state index in [1.807, 2.05) is 19.9 Å². The summed E-state index contributed by atoms with van der Waals surface area (Å²) in [6.07, 6.45) is 2.78. The van der Waals surface area contributed by atoms with Crippen LogP contribution in [0.4, 0.5) is 5.69 Å². The van der Waals surface area contributed by atoms with Gasteiger partial charge in [-0.05, 0) is 23.6 Å². The Morgan fingerprint density at radius 2 is 2.10 bits per heavy atom. The number of carbonyl (C=O) groups is 2. The predicted octanol–water partition coefficient (Wildman–Crippen LogP) is 2.64. The fourth-order valence-electron chi connectivity index (χ4n) is 3.30. The van der Waals surface area contributed by atoms with Crippen molar-refractivity contribution in [2.45, 2.75) is 32.4 Å². The summed E-state index contributed by atoms with van der Waals surface area (Å²) in [5, 5.41) is 16.8. The van der Waals surface area contributed by atoms with Gasteiger partial charge in [-0.25, -0.2) is 4.98 Å². The molecule has 1 fully saturated rings. The van der Waals surface area contributed by atoms with Crippen molar-refractivity contribution in [1.29, 1.82) is 0 Å². The van der Waals surface area contributed by atoms with E-state index in [0.717, 1.165) is 5.56 Å². The highest BCUT2D eigenvalue weighted by molar-refractivity contribution is 6.31. The number of imidazole rings is 1. The second-order valence-corrected chi connectivity index (χ2v) is 8.04. The minimum Gasteiger partial charge on any atom is -0.506 e. The Kier molecular flexibility index (Phi) is 6.36. The number of halogens is 1. The fourth-order valence-corrected chi connectivity index (χ4v) is 3.68. The molecule has 30 heavy (non-hydrogen) atoms. The van der Waals surface area contributed by atoms with Crippen LogP contribution in [0, 0.1) is 0 Å². The molecule has 1 aliphatic heterocycles. The van der Waals surface area contributed by atoms with E-state index in [2.05, 4.69) is 22.2 Å². The molecule has 3 rings (SSSR count). The number of hydrogen-bond acceptors (Lipinski definition) is 5. The first kappa shape index (κ1) is 21.7. The van der Waals surface area contributed by atoms with Crippen molar-refractivity contribution in [3.63, 3.8) is 0 Å². The average Bonchev–Trinajstić information content (AvgIpc) is 3.03. The summed E-state index contributed by atoms with van der Waals surface area (Å²) in [5.41, 5.74) is 1.91. The number of nitrogens with one attached hydrogen (secondary N) is 2. The largest absolute Gasteiger partial charge is 0.506 e. The maximum absolute atomic E-state index is 12.5. The maximum Gasteiger partial charge on any atom is 0.269 e. The van der Waals surface area contributed by atoms with Crippen molar-refractivity contribution in [2.75, 3.05) is 18.4 Å². The van der Waals surface area contributed by atoms with Gasteiger partial charge in [0.05, 0.1) is 24.5 Å². The maximum atomic E-state index is 12.5. The van der Waals surface area contributed by atoms with Crippen LogP contribution in [0.2, 0.25) is 5.02 Å². The van der Waals surface area contributed by atoms with Crippen LogP contribution in [-0.2, 0) is 18.4 Å². The number of likely N-dealkylation sites (tertiary alicyclic amines) is 1. The van der Waals surface area contributed by atoms with Crippen LogP contribution >= 0.6 is 11.6 Å². The molecule has 1 aromatic carbocycles. The summed E-state index contributed by atoms with van der Waals surface area (Å²) in [6, 6.07) is 3.26. The third kappa shape index (κ3) is 4.43. The first-order valence-electron chi connectivity index (χ1n) is 9.70. The lowest BCUT2D eigenvalue weighted by molar-refractivity contribution is -0.130. The van der Waals surface area contributed by atoms with Gasteiger partial charge in [-0.1, -0.05) is 32.0 Å². The van der Waals surface area contributed by atoms with Gasteiger partial charge >= 0.3 is 0 Å². The molecule has 160 valence electrons. The highest BCUT2D eigenvalue weighted by atomic mass is 35.5. The van der Waals surface area contributed by atoms with Crippen LogP contribution in [0.15, 0.2) is 31.0 Å². The minimum absolute atomic E-state index is 0.0557. The smallest absolute Gasteiger partial charge is 0.269 e. The van der Waals surface area contributed by atoms with Crippen molar-refractivity contribution in [3.05, 3.63) is 53.1 Å². The number of anilines is 1. The molecule has 1 aliphatic rings. The van der Waals surface area contributed by atoms with E-state index in [-0.39, 0.29) is 29.5 Å². The Morgan fingerprint density at radius 3 is 2.73 bits per heavy atom. The van der Waals surface area contributed by atoms with E-state index in [1.165, 1.54) is 18.3 Å². The number of phenols is 1. The van der Waals surface area contributed by atoms with Crippen LogP contribution in [0.1, 0.15) is 41.6 Å². The lowest BCUT2D eigenvalue weighted by Crippen LogP contribution is -2.60. The molecule has 0 unspecified atom stereocenters. The molecule has 2 amide bonds. The average molecular weight is 432 g/mol.